The number of aryl methyl sites for hydroxylation is 1. The highest BCUT2D eigenvalue weighted by Gasteiger charge is 2.41. The second-order valence-corrected chi connectivity index (χ2v) is 6.85. The summed E-state index contributed by atoms with van der Waals surface area (Å²) >= 11 is 1.93. The fourth-order valence-electron chi connectivity index (χ4n) is 3.74. The molecule has 0 bridgehead atoms. The van der Waals surface area contributed by atoms with Crippen molar-refractivity contribution in [1.82, 2.24) is 25.5 Å². The quantitative estimate of drug-likeness (QED) is 0.772. The van der Waals surface area contributed by atoms with Gasteiger partial charge in [0.2, 0.25) is 5.95 Å². The Morgan fingerprint density at radius 1 is 1.40 bits per heavy atom. The van der Waals surface area contributed by atoms with Gasteiger partial charge in [0.15, 0.2) is 0 Å². The van der Waals surface area contributed by atoms with Gasteiger partial charge in [-0.2, -0.15) is 0 Å². The van der Waals surface area contributed by atoms with Crippen LogP contribution >= 0.6 is 11.3 Å². The number of hydrogen-bond donors (Lipinski definition) is 2. The monoisotopic (exact) mass is 288 g/mol. The van der Waals surface area contributed by atoms with Crippen LogP contribution in [0.25, 0.3) is 5.00 Å². The molecule has 0 amide bonds. The number of hydrazine groups is 1. The minimum Gasteiger partial charge on any atom is -0.278 e. The summed E-state index contributed by atoms with van der Waals surface area (Å²) in [5.41, 5.74) is 6.37. The SMILES string of the molecule is C[C@H]1CCCc2sc3c(c21)C1NCNN1c1nncn1-3. The van der Waals surface area contributed by atoms with Crippen LogP contribution in [-0.4, -0.2) is 21.4 Å². The lowest BCUT2D eigenvalue weighted by atomic mass is 9.85. The van der Waals surface area contributed by atoms with Gasteiger partial charge in [-0.05, 0) is 30.7 Å². The maximum atomic E-state index is 4.27. The first-order valence-corrected chi connectivity index (χ1v) is 7.98. The van der Waals surface area contributed by atoms with Crippen molar-refractivity contribution in [3.63, 3.8) is 0 Å². The third kappa shape index (κ3) is 1.25. The molecular weight excluding hydrogens is 272 g/mol. The summed E-state index contributed by atoms with van der Waals surface area (Å²) in [4.78, 5) is 1.56. The van der Waals surface area contributed by atoms with Gasteiger partial charge in [0, 0.05) is 10.4 Å². The molecule has 2 atom stereocenters. The Balaban J connectivity index is 1.82. The average Bonchev–Trinajstić information content (AvgIpc) is 3.15. The molecular formula is C13H16N6S. The third-order valence-electron chi connectivity index (χ3n) is 4.62. The molecule has 1 fully saturated rings. The molecule has 6 nitrogen and oxygen atoms in total. The second kappa shape index (κ2) is 3.81. The van der Waals surface area contributed by atoms with Gasteiger partial charge in [0.05, 0.1) is 6.67 Å². The van der Waals surface area contributed by atoms with E-state index in [1.165, 1.54) is 29.8 Å². The molecule has 2 aromatic rings. The summed E-state index contributed by atoms with van der Waals surface area (Å²) in [5.74, 6) is 1.54. The first-order valence-electron chi connectivity index (χ1n) is 7.16. The molecule has 7 heteroatoms. The highest BCUT2D eigenvalue weighted by Crippen LogP contribution is 2.49. The van der Waals surface area contributed by atoms with E-state index in [9.17, 15) is 0 Å². The van der Waals surface area contributed by atoms with Crippen molar-refractivity contribution < 1.29 is 0 Å². The zero-order valence-electron chi connectivity index (χ0n) is 11.3. The van der Waals surface area contributed by atoms with Crippen LogP contribution in [-0.2, 0) is 6.42 Å². The Hall–Kier alpha value is -1.44. The van der Waals surface area contributed by atoms with Crippen molar-refractivity contribution in [2.75, 3.05) is 11.7 Å². The van der Waals surface area contributed by atoms with E-state index in [2.05, 4.69) is 37.4 Å². The summed E-state index contributed by atoms with van der Waals surface area (Å²) in [7, 11) is 0. The van der Waals surface area contributed by atoms with Crippen molar-refractivity contribution in [3.8, 4) is 5.00 Å². The predicted molar refractivity (Wildman–Crippen MR) is 76.9 cm³/mol. The van der Waals surface area contributed by atoms with E-state index in [-0.39, 0.29) is 6.17 Å². The lowest BCUT2D eigenvalue weighted by molar-refractivity contribution is 0.554. The van der Waals surface area contributed by atoms with Crippen LogP contribution < -0.4 is 15.8 Å². The summed E-state index contributed by atoms with van der Waals surface area (Å²) in [6.45, 7) is 3.13. The average molecular weight is 288 g/mol. The molecule has 0 radical (unpaired) electrons. The van der Waals surface area contributed by atoms with Crippen LogP contribution in [0.4, 0.5) is 5.95 Å². The third-order valence-corrected chi connectivity index (χ3v) is 5.90. The smallest absolute Gasteiger partial charge is 0.248 e. The van der Waals surface area contributed by atoms with Gasteiger partial charge in [-0.1, -0.05) is 6.92 Å². The van der Waals surface area contributed by atoms with Crippen molar-refractivity contribution in [2.24, 2.45) is 0 Å². The number of fused-ring (bicyclic) bond motifs is 8. The van der Waals surface area contributed by atoms with Crippen molar-refractivity contribution in [2.45, 2.75) is 38.3 Å². The van der Waals surface area contributed by atoms with Gasteiger partial charge in [0.25, 0.3) is 0 Å². The highest BCUT2D eigenvalue weighted by atomic mass is 32.1. The number of hydrogen-bond acceptors (Lipinski definition) is 6. The Bertz CT molecular complexity index is 689. The lowest BCUT2D eigenvalue weighted by Crippen LogP contribution is -2.39. The van der Waals surface area contributed by atoms with Gasteiger partial charge >= 0.3 is 0 Å². The Morgan fingerprint density at radius 2 is 2.35 bits per heavy atom. The maximum Gasteiger partial charge on any atom is 0.248 e. The molecule has 4 heterocycles. The number of nitrogens with one attached hydrogen (secondary N) is 2. The molecule has 1 saturated heterocycles. The lowest BCUT2D eigenvalue weighted by Gasteiger charge is -2.31. The molecule has 1 aliphatic carbocycles. The Kier molecular flexibility index (Phi) is 2.14. The largest absolute Gasteiger partial charge is 0.278 e. The number of aromatic nitrogens is 3. The molecule has 5 rings (SSSR count). The Morgan fingerprint density at radius 3 is 3.30 bits per heavy atom. The topological polar surface area (TPSA) is 58.0 Å². The normalized spacial score (nSPS) is 26.9. The van der Waals surface area contributed by atoms with Gasteiger partial charge in [-0.15, -0.1) is 21.5 Å². The maximum absolute atomic E-state index is 4.27. The molecule has 0 saturated carbocycles. The predicted octanol–water partition coefficient (Wildman–Crippen LogP) is 1.65. The number of anilines is 1. The van der Waals surface area contributed by atoms with Crippen LogP contribution in [0.5, 0.6) is 0 Å². The number of thiophene rings is 1. The Labute approximate surface area is 120 Å². The first-order chi connectivity index (χ1) is 9.84. The van der Waals surface area contributed by atoms with E-state index in [0.29, 0.717) is 5.92 Å². The van der Waals surface area contributed by atoms with Gasteiger partial charge in [-0.25, -0.2) is 5.43 Å². The minimum atomic E-state index is 0.197. The standard InChI is InChI=1S/C13H16N6S/c1-7-3-2-4-8-9(7)10-11-14-5-16-19(11)13-17-15-6-18(13)12(10)20-8/h6-7,11,14,16H,2-5H2,1H3/t7-,11?/m0/s1. The molecule has 2 N–H and O–H groups in total. The molecule has 2 aliphatic heterocycles. The molecule has 0 aromatic carbocycles. The van der Waals surface area contributed by atoms with Crippen LogP contribution in [0.3, 0.4) is 0 Å². The van der Waals surface area contributed by atoms with E-state index < -0.39 is 0 Å². The number of rotatable bonds is 0. The van der Waals surface area contributed by atoms with E-state index in [1.54, 1.807) is 10.4 Å². The van der Waals surface area contributed by atoms with Crippen LogP contribution in [0.1, 0.15) is 47.9 Å². The number of nitrogens with zero attached hydrogens (tertiary/aromatic N) is 4. The van der Waals surface area contributed by atoms with Crippen LogP contribution in [0, 0.1) is 0 Å². The van der Waals surface area contributed by atoms with E-state index >= 15 is 0 Å². The molecule has 2 aromatic heterocycles. The van der Waals surface area contributed by atoms with Gasteiger partial charge < -0.3 is 0 Å². The first kappa shape index (κ1) is 11.2. The summed E-state index contributed by atoms with van der Waals surface area (Å²) in [5, 5.41) is 15.3. The minimum absolute atomic E-state index is 0.197. The van der Waals surface area contributed by atoms with Crippen LogP contribution in [0.2, 0.25) is 0 Å². The second-order valence-electron chi connectivity index (χ2n) is 5.76. The molecule has 20 heavy (non-hydrogen) atoms. The van der Waals surface area contributed by atoms with Crippen molar-refractivity contribution in [1.29, 1.82) is 0 Å². The molecule has 0 spiro atoms. The van der Waals surface area contributed by atoms with Gasteiger partial charge in [0.1, 0.15) is 17.5 Å². The summed E-state index contributed by atoms with van der Waals surface area (Å²) < 4.78 is 2.13. The zero-order valence-corrected chi connectivity index (χ0v) is 12.1. The summed E-state index contributed by atoms with van der Waals surface area (Å²) in [6.07, 6.45) is 5.85. The fraction of sp³-hybridized carbons (Fsp3) is 0.538. The molecule has 1 unspecified atom stereocenters. The van der Waals surface area contributed by atoms with Crippen molar-refractivity contribution >= 4 is 17.3 Å². The highest BCUT2D eigenvalue weighted by molar-refractivity contribution is 7.15. The van der Waals surface area contributed by atoms with E-state index in [4.69, 9.17) is 0 Å². The van der Waals surface area contributed by atoms with Crippen molar-refractivity contribution in [3.05, 3.63) is 22.3 Å². The molecule has 104 valence electrons. The van der Waals surface area contributed by atoms with Crippen LogP contribution in [0.15, 0.2) is 6.33 Å². The van der Waals surface area contributed by atoms with Gasteiger partial charge in [-0.3, -0.25) is 14.9 Å². The molecule has 3 aliphatic rings. The fourth-order valence-corrected chi connectivity index (χ4v) is 5.20. The summed E-state index contributed by atoms with van der Waals surface area (Å²) in [6, 6.07) is 0. The van der Waals surface area contributed by atoms with E-state index in [0.717, 1.165) is 12.6 Å². The zero-order chi connectivity index (χ0) is 13.3. The van der Waals surface area contributed by atoms with E-state index in [1.807, 2.05) is 17.7 Å².